The molecule has 2 saturated heterocycles. The van der Waals surface area contributed by atoms with E-state index in [4.69, 9.17) is 5.11 Å². The fraction of sp³-hybridized carbons (Fsp3) is 1.00. The molecule has 1 atom stereocenters. The maximum absolute atomic E-state index is 8.86. The second kappa shape index (κ2) is 5.91. The number of piperidine rings is 1. The summed E-state index contributed by atoms with van der Waals surface area (Å²) in [5, 5.41) is 12.2. The quantitative estimate of drug-likeness (QED) is 0.720. The van der Waals surface area contributed by atoms with Gasteiger partial charge in [-0.05, 0) is 44.3 Å². The highest BCUT2D eigenvalue weighted by atomic mass is 35.5. The van der Waals surface area contributed by atoms with Gasteiger partial charge in [0.25, 0.3) is 0 Å². The summed E-state index contributed by atoms with van der Waals surface area (Å²) in [6, 6.07) is 0. The van der Waals surface area contributed by atoms with Crippen LogP contribution in [0.15, 0.2) is 0 Å². The Kier molecular flexibility index (Phi) is 5.17. The van der Waals surface area contributed by atoms with Gasteiger partial charge in [0.1, 0.15) is 0 Å². The molecular weight excluding hydrogens is 200 g/mol. The standard InChI is InChI=1S/C10H20N2O.ClH/c13-5-4-12-3-1-2-9(8-12)10-6-11-7-10;/h9-11,13H,1-8H2;1H/t9-;/m0./s1. The van der Waals surface area contributed by atoms with E-state index in [0.29, 0.717) is 6.61 Å². The van der Waals surface area contributed by atoms with Crippen molar-refractivity contribution in [2.75, 3.05) is 39.3 Å². The molecule has 2 fully saturated rings. The van der Waals surface area contributed by atoms with Crippen molar-refractivity contribution in [1.29, 1.82) is 0 Å². The summed E-state index contributed by atoms with van der Waals surface area (Å²) in [5.41, 5.74) is 0. The van der Waals surface area contributed by atoms with Gasteiger partial charge < -0.3 is 15.3 Å². The molecule has 0 aromatic heterocycles. The van der Waals surface area contributed by atoms with E-state index >= 15 is 0 Å². The maximum Gasteiger partial charge on any atom is 0.0558 e. The lowest BCUT2D eigenvalue weighted by Crippen LogP contribution is -2.51. The van der Waals surface area contributed by atoms with Gasteiger partial charge in [-0.3, -0.25) is 0 Å². The van der Waals surface area contributed by atoms with Crippen LogP contribution in [0, 0.1) is 11.8 Å². The molecule has 0 spiro atoms. The fourth-order valence-electron chi connectivity index (χ4n) is 2.46. The molecule has 14 heavy (non-hydrogen) atoms. The first-order chi connectivity index (χ1) is 6.40. The Morgan fingerprint density at radius 3 is 2.64 bits per heavy atom. The molecule has 2 aliphatic rings. The van der Waals surface area contributed by atoms with E-state index in [1.165, 1.54) is 39.0 Å². The van der Waals surface area contributed by atoms with Crippen LogP contribution in [-0.4, -0.2) is 49.3 Å². The zero-order valence-corrected chi connectivity index (χ0v) is 9.43. The molecule has 0 saturated carbocycles. The molecule has 3 nitrogen and oxygen atoms in total. The van der Waals surface area contributed by atoms with Crippen LogP contribution in [-0.2, 0) is 0 Å². The molecule has 0 aromatic carbocycles. The Bertz CT molecular complexity index is 162. The minimum Gasteiger partial charge on any atom is -0.395 e. The van der Waals surface area contributed by atoms with Crippen LogP contribution in [0.3, 0.4) is 0 Å². The molecular formula is C10H21ClN2O. The number of halogens is 1. The topological polar surface area (TPSA) is 35.5 Å². The van der Waals surface area contributed by atoms with E-state index in [1.807, 2.05) is 0 Å². The van der Waals surface area contributed by atoms with Crippen molar-refractivity contribution < 1.29 is 5.11 Å². The lowest BCUT2D eigenvalue weighted by atomic mass is 9.82. The zero-order valence-electron chi connectivity index (χ0n) is 8.61. The number of likely N-dealkylation sites (tertiary alicyclic amines) is 1. The minimum absolute atomic E-state index is 0. The van der Waals surface area contributed by atoms with Crippen LogP contribution < -0.4 is 5.32 Å². The highest BCUT2D eigenvalue weighted by Gasteiger charge is 2.30. The van der Waals surface area contributed by atoms with Crippen molar-refractivity contribution in [1.82, 2.24) is 10.2 Å². The van der Waals surface area contributed by atoms with Gasteiger partial charge in [-0.2, -0.15) is 0 Å². The number of β-amino-alcohol motifs (C(OH)–C–C–N with tert-alkyl or cyclic N) is 1. The van der Waals surface area contributed by atoms with Gasteiger partial charge in [0.2, 0.25) is 0 Å². The molecule has 0 aliphatic carbocycles. The first kappa shape index (κ1) is 12.2. The van der Waals surface area contributed by atoms with Gasteiger partial charge >= 0.3 is 0 Å². The molecule has 0 radical (unpaired) electrons. The molecule has 0 amide bonds. The Balaban J connectivity index is 0.000000980. The number of nitrogens with one attached hydrogen (secondary N) is 1. The smallest absolute Gasteiger partial charge is 0.0558 e. The number of hydrogen-bond donors (Lipinski definition) is 2. The van der Waals surface area contributed by atoms with Crippen molar-refractivity contribution in [3.8, 4) is 0 Å². The number of rotatable bonds is 3. The van der Waals surface area contributed by atoms with Crippen LogP contribution in [0.25, 0.3) is 0 Å². The lowest BCUT2D eigenvalue weighted by Gasteiger charge is -2.41. The Labute approximate surface area is 92.3 Å². The Morgan fingerprint density at radius 2 is 2.07 bits per heavy atom. The fourth-order valence-corrected chi connectivity index (χ4v) is 2.46. The largest absolute Gasteiger partial charge is 0.395 e. The van der Waals surface area contributed by atoms with Gasteiger partial charge in [0.05, 0.1) is 6.61 Å². The predicted octanol–water partition coefficient (Wildman–Crippen LogP) is 0.332. The average Bonchev–Trinajstić information content (AvgIpc) is 2.02. The highest BCUT2D eigenvalue weighted by Crippen LogP contribution is 2.26. The van der Waals surface area contributed by atoms with Crippen LogP contribution in [0.2, 0.25) is 0 Å². The third kappa shape index (κ3) is 2.83. The van der Waals surface area contributed by atoms with Gasteiger partial charge in [-0.15, -0.1) is 12.4 Å². The Hall–Kier alpha value is 0.170. The number of hydrogen-bond acceptors (Lipinski definition) is 3. The zero-order chi connectivity index (χ0) is 9.10. The summed E-state index contributed by atoms with van der Waals surface area (Å²) in [5.74, 6) is 1.81. The summed E-state index contributed by atoms with van der Waals surface area (Å²) >= 11 is 0. The van der Waals surface area contributed by atoms with Crippen LogP contribution in [0.5, 0.6) is 0 Å². The number of nitrogens with zero attached hydrogens (tertiary/aromatic N) is 1. The molecule has 0 unspecified atom stereocenters. The molecule has 4 heteroatoms. The van der Waals surface area contributed by atoms with E-state index in [0.717, 1.165) is 18.4 Å². The van der Waals surface area contributed by atoms with E-state index < -0.39 is 0 Å². The average molecular weight is 221 g/mol. The first-order valence-electron chi connectivity index (χ1n) is 5.44. The molecule has 84 valence electrons. The van der Waals surface area contributed by atoms with E-state index in [-0.39, 0.29) is 12.4 Å². The SMILES string of the molecule is Cl.OCCN1CCC[C@H](C2CNC2)C1. The summed E-state index contributed by atoms with van der Waals surface area (Å²) in [4.78, 5) is 2.41. The van der Waals surface area contributed by atoms with Gasteiger partial charge in [0.15, 0.2) is 0 Å². The van der Waals surface area contributed by atoms with Crippen LogP contribution >= 0.6 is 12.4 Å². The summed E-state index contributed by atoms with van der Waals surface area (Å²) in [7, 11) is 0. The van der Waals surface area contributed by atoms with Crippen molar-refractivity contribution in [3.63, 3.8) is 0 Å². The third-order valence-electron chi connectivity index (χ3n) is 3.44. The molecule has 0 aromatic rings. The van der Waals surface area contributed by atoms with Gasteiger partial charge in [-0.1, -0.05) is 0 Å². The molecule has 2 N–H and O–H groups in total. The maximum atomic E-state index is 8.86. The first-order valence-corrected chi connectivity index (χ1v) is 5.44. The van der Waals surface area contributed by atoms with E-state index in [9.17, 15) is 0 Å². The molecule has 2 rings (SSSR count). The third-order valence-corrected chi connectivity index (χ3v) is 3.44. The Morgan fingerprint density at radius 1 is 1.29 bits per heavy atom. The van der Waals surface area contributed by atoms with Crippen molar-refractivity contribution in [2.45, 2.75) is 12.8 Å². The molecule has 0 bridgehead atoms. The minimum atomic E-state index is 0. The van der Waals surface area contributed by atoms with Crippen molar-refractivity contribution in [2.24, 2.45) is 11.8 Å². The highest BCUT2D eigenvalue weighted by molar-refractivity contribution is 5.85. The summed E-state index contributed by atoms with van der Waals surface area (Å²) in [6.07, 6.45) is 2.72. The van der Waals surface area contributed by atoms with E-state index in [2.05, 4.69) is 10.2 Å². The van der Waals surface area contributed by atoms with Crippen LogP contribution in [0.4, 0.5) is 0 Å². The monoisotopic (exact) mass is 220 g/mol. The van der Waals surface area contributed by atoms with Crippen molar-refractivity contribution >= 4 is 12.4 Å². The summed E-state index contributed by atoms with van der Waals surface area (Å²) < 4.78 is 0. The second-order valence-electron chi connectivity index (χ2n) is 4.34. The van der Waals surface area contributed by atoms with E-state index in [1.54, 1.807) is 0 Å². The van der Waals surface area contributed by atoms with Gasteiger partial charge in [0, 0.05) is 13.1 Å². The normalized spacial score (nSPS) is 29.4. The lowest BCUT2D eigenvalue weighted by molar-refractivity contribution is 0.0929. The summed E-state index contributed by atoms with van der Waals surface area (Å²) in [6.45, 7) is 6.03. The molecule has 2 heterocycles. The van der Waals surface area contributed by atoms with Crippen molar-refractivity contribution in [3.05, 3.63) is 0 Å². The number of aliphatic hydroxyl groups excluding tert-OH is 1. The molecule has 2 aliphatic heterocycles. The van der Waals surface area contributed by atoms with Gasteiger partial charge in [-0.25, -0.2) is 0 Å². The predicted molar refractivity (Wildman–Crippen MR) is 59.9 cm³/mol. The number of aliphatic hydroxyl groups is 1. The second-order valence-corrected chi connectivity index (χ2v) is 4.34. The van der Waals surface area contributed by atoms with Crippen LogP contribution in [0.1, 0.15) is 12.8 Å².